The highest BCUT2D eigenvalue weighted by Crippen LogP contribution is 2.16. The summed E-state index contributed by atoms with van der Waals surface area (Å²) >= 11 is 0. The Hall–Kier alpha value is -0.770. The van der Waals surface area contributed by atoms with Gasteiger partial charge in [0.1, 0.15) is 0 Å². The second-order valence-corrected chi connectivity index (χ2v) is 3.62. The average Bonchev–Trinajstić information content (AvgIpc) is 2.61. The summed E-state index contributed by atoms with van der Waals surface area (Å²) < 4.78 is 0. The standard InChI is InChI=1S/C11H14N2O.2ClH/c1-8(14)13-5-9-2-3-10-6-12-7-11(10)4-9;;/h2-4,12H,5-7H2,1H3,(H,13,14);2*1H. The van der Waals surface area contributed by atoms with Crippen molar-refractivity contribution in [2.45, 2.75) is 26.6 Å². The SMILES string of the molecule is CC(=O)NCc1ccc2c(c1)CNC2.Cl.Cl. The van der Waals surface area contributed by atoms with Crippen LogP contribution in [0.5, 0.6) is 0 Å². The number of carbonyl (C=O) groups is 1. The molecule has 1 amide bonds. The first kappa shape index (κ1) is 15.2. The third-order valence-electron chi connectivity index (χ3n) is 2.44. The predicted octanol–water partition coefficient (Wildman–Crippen LogP) is 1.77. The number of halogens is 2. The maximum atomic E-state index is 10.7. The average molecular weight is 263 g/mol. The molecule has 1 aromatic carbocycles. The Balaban J connectivity index is 0.00000112. The van der Waals surface area contributed by atoms with E-state index in [9.17, 15) is 4.79 Å². The molecule has 1 heterocycles. The number of hydrogen-bond acceptors (Lipinski definition) is 2. The van der Waals surface area contributed by atoms with Gasteiger partial charge in [0.2, 0.25) is 5.91 Å². The van der Waals surface area contributed by atoms with Crippen LogP contribution in [0.25, 0.3) is 0 Å². The van der Waals surface area contributed by atoms with Crippen molar-refractivity contribution >= 4 is 30.7 Å². The number of hydrogen-bond donors (Lipinski definition) is 2. The molecular weight excluding hydrogens is 247 g/mol. The van der Waals surface area contributed by atoms with Gasteiger partial charge in [-0.1, -0.05) is 18.2 Å². The van der Waals surface area contributed by atoms with Crippen molar-refractivity contribution in [1.29, 1.82) is 0 Å². The molecule has 1 aromatic rings. The third-order valence-corrected chi connectivity index (χ3v) is 2.44. The van der Waals surface area contributed by atoms with Crippen LogP contribution in [0, 0.1) is 0 Å². The van der Waals surface area contributed by atoms with Gasteiger partial charge >= 0.3 is 0 Å². The Labute approximate surface area is 108 Å². The molecule has 0 aromatic heterocycles. The summed E-state index contributed by atoms with van der Waals surface area (Å²) in [6, 6.07) is 6.36. The largest absolute Gasteiger partial charge is 0.352 e. The first-order chi connectivity index (χ1) is 6.75. The van der Waals surface area contributed by atoms with E-state index >= 15 is 0 Å². The summed E-state index contributed by atoms with van der Waals surface area (Å²) in [6.45, 7) is 4.08. The normalized spacial score (nSPS) is 12.1. The van der Waals surface area contributed by atoms with Crippen LogP contribution < -0.4 is 10.6 Å². The summed E-state index contributed by atoms with van der Waals surface area (Å²) in [5.74, 6) is 0.0172. The Morgan fingerprint density at radius 1 is 1.31 bits per heavy atom. The van der Waals surface area contributed by atoms with Crippen LogP contribution in [0.3, 0.4) is 0 Å². The van der Waals surface area contributed by atoms with Gasteiger partial charge in [0, 0.05) is 26.6 Å². The van der Waals surface area contributed by atoms with Crippen molar-refractivity contribution in [2.75, 3.05) is 0 Å². The summed E-state index contributed by atoms with van der Waals surface area (Å²) in [7, 11) is 0. The molecule has 0 aliphatic carbocycles. The van der Waals surface area contributed by atoms with Crippen molar-refractivity contribution in [2.24, 2.45) is 0 Å². The second-order valence-electron chi connectivity index (χ2n) is 3.62. The van der Waals surface area contributed by atoms with E-state index in [0.29, 0.717) is 6.54 Å². The molecule has 3 nitrogen and oxygen atoms in total. The molecule has 90 valence electrons. The Morgan fingerprint density at radius 3 is 2.69 bits per heavy atom. The Morgan fingerprint density at radius 2 is 2.00 bits per heavy atom. The molecule has 16 heavy (non-hydrogen) atoms. The lowest BCUT2D eigenvalue weighted by Gasteiger charge is -2.04. The van der Waals surface area contributed by atoms with Crippen LogP contribution in [0.15, 0.2) is 18.2 Å². The lowest BCUT2D eigenvalue weighted by molar-refractivity contribution is -0.119. The fourth-order valence-electron chi connectivity index (χ4n) is 1.68. The maximum absolute atomic E-state index is 10.7. The van der Waals surface area contributed by atoms with Crippen molar-refractivity contribution in [3.8, 4) is 0 Å². The zero-order valence-electron chi connectivity index (χ0n) is 9.08. The van der Waals surface area contributed by atoms with E-state index in [-0.39, 0.29) is 30.7 Å². The van der Waals surface area contributed by atoms with Gasteiger partial charge < -0.3 is 10.6 Å². The zero-order chi connectivity index (χ0) is 9.97. The molecule has 0 saturated heterocycles. The predicted molar refractivity (Wildman–Crippen MR) is 69.0 cm³/mol. The lowest BCUT2D eigenvalue weighted by atomic mass is 10.1. The molecule has 0 bridgehead atoms. The first-order valence-electron chi connectivity index (χ1n) is 4.81. The molecular formula is C11H16Cl2N2O. The number of rotatable bonds is 2. The fraction of sp³-hybridized carbons (Fsp3) is 0.364. The van der Waals surface area contributed by atoms with E-state index in [1.165, 1.54) is 23.6 Å². The van der Waals surface area contributed by atoms with Crippen molar-refractivity contribution in [3.63, 3.8) is 0 Å². The third kappa shape index (κ3) is 3.67. The Bertz CT molecular complexity index is 369. The number of amides is 1. The first-order valence-corrected chi connectivity index (χ1v) is 4.81. The molecule has 0 spiro atoms. The molecule has 0 unspecified atom stereocenters. The minimum atomic E-state index is 0. The van der Waals surface area contributed by atoms with E-state index in [4.69, 9.17) is 0 Å². The summed E-state index contributed by atoms with van der Waals surface area (Å²) in [5.41, 5.74) is 3.90. The van der Waals surface area contributed by atoms with Crippen LogP contribution in [-0.4, -0.2) is 5.91 Å². The van der Waals surface area contributed by atoms with Gasteiger partial charge in [-0.15, -0.1) is 24.8 Å². The van der Waals surface area contributed by atoms with Crippen molar-refractivity contribution in [1.82, 2.24) is 10.6 Å². The fourth-order valence-corrected chi connectivity index (χ4v) is 1.68. The minimum absolute atomic E-state index is 0. The molecule has 5 heteroatoms. The molecule has 0 saturated carbocycles. The van der Waals surface area contributed by atoms with E-state index in [1.54, 1.807) is 0 Å². The number of fused-ring (bicyclic) bond motifs is 1. The van der Waals surface area contributed by atoms with E-state index in [0.717, 1.165) is 13.1 Å². The van der Waals surface area contributed by atoms with Crippen LogP contribution in [-0.2, 0) is 24.4 Å². The van der Waals surface area contributed by atoms with Crippen LogP contribution in [0.1, 0.15) is 23.6 Å². The van der Waals surface area contributed by atoms with E-state index in [1.807, 2.05) is 0 Å². The van der Waals surface area contributed by atoms with Gasteiger partial charge in [0.25, 0.3) is 0 Å². The lowest BCUT2D eigenvalue weighted by Crippen LogP contribution is -2.18. The number of nitrogens with one attached hydrogen (secondary N) is 2. The summed E-state index contributed by atoms with van der Waals surface area (Å²) in [4.78, 5) is 10.7. The molecule has 1 aliphatic rings. The van der Waals surface area contributed by atoms with Gasteiger partial charge in [-0.05, 0) is 16.7 Å². The smallest absolute Gasteiger partial charge is 0.217 e. The van der Waals surface area contributed by atoms with Gasteiger partial charge in [0.15, 0.2) is 0 Å². The Kier molecular flexibility index (Phi) is 6.41. The summed E-state index contributed by atoms with van der Waals surface area (Å²) in [5, 5.41) is 6.09. The van der Waals surface area contributed by atoms with Gasteiger partial charge in [-0.25, -0.2) is 0 Å². The van der Waals surface area contributed by atoms with Crippen LogP contribution in [0.2, 0.25) is 0 Å². The quantitative estimate of drug-likeness (QED) is 0.853. The number of benzene rings is 1. The topological polar surface area (TPSA) is 41.1 Å². The zero-order valence-corrected chi connectivity index (χ0v) is 10.7. The van der Waals surface area contributed by atoms with Gasteiger partial charge in [0.05, 0.1) is 0 Å². The van der Waals surface area contributed by atoms with E-state index in [2.05, 4.69) is 28.8 Å². The second kappa shape index (κ2) is 6.74. The van der Waals surface area contributed by atoms with Crippen LogP contribution >= 0.6 is 24.8 Å². The van der Waals surface area contributed by atoms with Gasteiger partial charge in [-0.3, -0.25) is 4.79 Å². The highest BCUT2D eigenvalue weighted by molar-refractivity contribution is 5.85. The summed E-state index contributed by atoms with van der Waals surface area (Å²) in [6.07, 6.45) is 0. The van der Waals surface area contributed by atoms with Crippen LogP contribution in [0.4, 0.5) is 0 Å². The monoisotopic (exact) mass is 262 g/mol. The van der Waals surface area contributed by atoms with Gasteiger partial charge in [-0.2, -0.15) is 0 Å². The molecule has 0 atom stereocenters. The minimum Gasteiger partial charge on any atom is -0.352 e. The highest BCUT2D eigenvalue weighted by atomic mass is 35.5. The maximum Gasteiger partial charge on any atom is 0.217 e. The van der Waals surface area contributed by atoms with Crippen molar-refractivity contribution < 1.29 is 4.79 Å². The number of carbonyl (C=O) groups excluding carboxylic acids is 1. The molecule has 1 aliphatic heterocycles. The molecule has 2 N–H and O–H groups in total. The highest BCUT2D eigenvalue weighted by Gasteiger charge is 2.09. The molecule has 0 fully saturated rings. The molecule has 2 rings (SSSR count). The van der Waals surface area contributed by atoms with Crippen molar-refractivity contribution in [3.05, 3.63) is 34.9 Å². The molecule has 0 radical (unpaired) electrons. The van der Waals surface area contributed by atoms with E-state index < -0.39 is 0 Å².